The van der Waals surface area contributed by atoms with Crippen LogP contribution in [0, 0.1) is 17.3 Å². The van der Waals surface area contributed by atoms with Crippen molar-refractivity contribution in [2.24, 2.45) is 17.3 Å². The molecule has 4 unspecified atom stereocenters. The van der Waals surface area contributed by atoms with Crippen LogP contribution in [0.25, 0.3) is 0 Å². The molecule has 0 N–H and O–H groups in total. The number of hydrogen-bond acceptors (Lipinski definition) is 2. The third-order valence-electron chi connectivity index (χ3n) is 5.09. The van der Waals surface area contributed by atoms with Crippen LogP contribution < -0.4 is 0 Å². The maximum absolute atomic E-state index is 5.63. The van der Waals surface area contributed by atoms with Gasteiger partial charge in [-0.15, -0.1) is 0 Å². The Morgan fingerprint density at radius 1 is 1.19 bits per heavy atom. The van der Waals surface area contributed by atoms with E-state index in [2.05, 4.69) is 25.7 Å². The molecule has 2 heteroatoms. The van der Waals surface area contributed by atoms with Crippen LogP contribution in [0.1, 0.15) is 40.0 Å². The van der Waals surface area contributed by atoms with Crippen LogP contribution in [0.15, 0.2) is 0 Å². The van der Waals surface area contributed by atoms with Gasteiger partial charge in [-0.2, -0.15) is 0 Å². The molecule has 2 nitrogen and oxygen atoms in total. The lowest BCUT2D eigenvalue weighted by molar-refractivity contribution is -0.146. The van der Waals surface area contributed by atoms with E-state index < -0.39 is 0 Å². The average Bonchev–Trinajstić information content (AvgIpc) is 2.15. The quantitative estimate of drug-likeness (QED) is 0.626. The SMILES string of the molecule is CC(C)(C)C1CC2CCC3COCCN3C21. The van der Waals surface area contributed by atoms with Gasteiger partial charge in [-0.25, -0.2) is 0 Å². The number of hydrogen-bond donors (Lipinski definition) is 0. The van der Waals surface area contributed by atoms with E-state index in [0.717, 1.165) is 37.1 Å². The van der Waals surface area contributed by atoms with E-state index in [1.807, 2.05) is 0 Å². The second kappa shape index (κ2) is 3.71. The molecule has 3 fully saturated rings. The summed E-state index contributed by atoms with van der Waals surface area (Å²) in [7, 11) is 0. The summed E-state index contributed by atoms with van der Waals surface area (Å²) in [5.74, 6) is 1.91. The molecule has 0 aromatic carbocycles. The highest BCUT2D eigenvalue weighted by atomic mass is 16.5. The molecule has 0 amide bonds. The van der Waals surface area contributed by atoms with Crippen LogP contribution in [0.3, 0.4) is 0 Å². The van der Waals surface area contributed by atoms with E-state index in [0.29, 0.717) is 5.41 Å². The first-order chi connectivity index (χ1) is 7.57. The molecule has 16 heavy (non-hydrogen) atoms. The lowest BCUT2D eigenvalue weighted by Crippen LogP contribution is -2.65. The van der Waals surface area contributed by atoms with Gasteiger partial charge < -0.3 is 4.74 Å². The third-order valence-corrected chi connectivity index (χ3v) is 5.09. The van der Waals surface area contributed by atoms with Crippen molar-refractivity contribution in [2.45, 2.75) is 52.1 Å². The minimum Gasteiger partial charge on any atom is -0.378 e. The first-order valence-electron chi connectivity index (χ1n) is 6.91. The lowest BCUT2D eigenvalue weighted by atomic mass is 9.56. The van der Waals surface area contributed by atoms with Gasteiger partial charge in [-0.3, -0.25) is 4.90 Å². The second-order valence-corrected chi connectivity index (χ2v) is 7.00. The molecule has 3 aliphatic rings. The minimum atomic E-state index is 0.487. The smallest absolute Gasteiger partial charge is 0.0622 e. The molecule has 0 radical (unpaired) electrons. The minimum absolute atomic E-state index is 0.487. The summed E-state index contributed by atoms with van der Waals surface area (Å²) in [5.41, 5.74) is 0.487. The second-order valence-electron chi connectivity index (χ2n) is 7.00. The first-order valence-corrected chi connectivity index (χ1v) is 6.91. The zero-order chi connectivity index (χ0) is 11.3. The van der Waals surface area contributed by atoms with Gasteiger partial charge in [0.15, 0.2) is 0 Å². The Morgan fingerprint density at radius 2 is 2.00 bits per heavy atom. The van der Waals surface area contributed by atoms with E-state index in [1.54, 1.807) is 0 Å². The van der Waals surface area contributed by atoms with Crippen LogP contribution in [-0.2, 0) is 4.74 Å². The van der Waals surface area contributed by atoms with E-state index in [-0.39, 0.29) is 0 Å². The monoisotopic (exact) mass is 223 g/mol. The fourth-order valence-electron chi connectivity index (χ4n) is 4.11. The van der Waals surface area contributed by atoms with Crippen molar-refractivity contribution in [3.05, 3.63) is 0 Å². The average molecular weight is 223 g/mol. The van der Waals surface area contributed by atoms with E-state index in [4.69, 9.17) is 4.74 Å². The van der Waals surface area contributed by atoms with Gasteiger partial charge in [-0.1, -0.05) is 20.8 Å². The zero-order valence-corrected chi connectivity index (χ0v) is 10.9. The molecular formula is C14H25NO. The molecule has 92 valence electrons. The number of ether oxygens (including phenoxy) is 1. The summed E-state index contributed by atoms with van der Waals surface area (Å²) in [6.45, 7) is 10.4. The Kier molecular flexibility index (Phi) is 2.56. The van der Waals surface area contributed by atoms with Crippen molar-refractivity contribution >= 4 is 0 Å². The van der Waals surface area contributed by atoms with Crippen LogP contribution in [0.2, 0.25) is 0 Å². The van der Waals surface area contributed by atoms with Crippen LogP contribution in [-0.4, -0.2) is 36.7 Å². The molecular weight excluding hydrogens is 198 g/mol. The Hall–Kier alpha value is -0.0800. The summed E-state index contributed by atoms with van der Waals surface area (Å²) in [6, 6.07) is 1.61. The Morgan fingerprint density at radius 3 is 2.75 bits per heavy atom. The van der Waals surface area contributed by atoms with Gasteiger partial charge in [0, 0.05) is 18.6 Å². The molecule has 2 aliphatic heterocycles. The normalized spacial score (nSPS) is 44.4. The van der Waals surface area contributed by atoms with Crippen LogP contribution >= 0.6 is 0 Å². The van der Waals surface area contributed by atoms with Gasteiger partial charge in [0.2, 0.25) is 0 Å². The van der Waals surface area contributed by atoms with Crippen molar-refractivity contribution in [3.63, 3.8) is 0 Å². The van der Waals surface area contributed by atoms with E-state index in [1.165, 1.54) is 25.8 Å². The third kappa shape index (κ3) is 1.62. The highest BCUT2D eigenvalue weighted by Crippen LogP contribution is 2.52. The zero-order valence-electron chi connectivity index (χ0n) is 10.9. The van der Waals surface area contributed by atoms with Gasteiger partial charge in [-0.05, 0) is 36.5 Å². The number of piperidine rings is 1. The Bertz CT molecular complexity index is 270. The van der Waals surface area contributed by atoms with Crippen LogP contribution in [0.4, 0.5) is 0 Å². The van der Waals surface area contributed by atoms with Crippen molar-refractivity contribution in [3.8, 4) is 0 Å². The summed E-state index contributed by atoms with van der Waals surface area (Å²) in [6.07, 6.45) is 4.29. The molecule has 0 bridgehead atoms. The van der Waals surface area contributed by atoms with Gasteiger partial charge >= 0.3 is 0 Å². The van der Waals surface area contributed by atoms with Crippen molar-refractivity contribution < 1.29 is 4.74 Å². The largest absolute Gasteiger partial charge is 0.378 e. The maximum atomic E-state index is 5.63. The van der Waals surface area contributed by atoms with Crippen molar-refractivity contribution in [1.82, 2.24) is 4.90 Å². The molecule has 2 heterocycles. The van der Waals surface area contributed by atoms with Crippen molar-refractivity contribution in [1.29, 1.82) is 0 Å². The topological polar surface area (TPSA) is 12.5 Å². The fourth-order valence-corrected chi connectivity index (χ4v) is 4.11. The molecule has 0 aromatic heterocycles. The molecule has 2 saturated heterocycles. The number of fused-ring (bicyclic) bond motifs is 3. The number of rotatable bonds is 0. The summed E-state index contributed by atoms with van der Waals surface area (Å²) in [4.78, 5) is 2.79. The highest BCUT2D eigenvalue weighted by Gasteiger charge is 2.53. The van der Waals surface area contributed by atoms with Gasteiger partial charge in [0.05, 0.1) is 13.2 Å². The molecule has 4 atom stereocenters. The van der Waals surface area contributed by atoms with E-state index in [9.17, 15) is 0 Å². The predicted molar refractivity (Wildman–Crippen MR) is 65.4 cm³/mol. The van der Waals surface area contributed by atoms with Gasteiger partial charge in [0.25, 0.3) is 0 Å². The van der Waals surface area contributed by atoms with E-state index >= 15 is 0 Å². The number of morpholine rings is 1. The predicted octanol–water partition coefficient (Wildman–Crippen LogP) is 2.53. The molecule has 3 rings (SSSR count). The van der Waals surface area contributed by atoms with Crippen LogP contribution in [0.5, 0.6) is 0 Å². The van der Waals surface area contributed by atoms with Crippen molar-refractivity contribution in [2.75, 3.05) is 19.8 Å². The fraction of sp³-hybridized carbons (Fsp3) is 1.00. The molecule has 0 aromatic rings. The highest BCUT2D eigenvalue weighted by molar-refractivity contribution is 5.05. The number of nitrogens with zero attached hydrogens (tertiary/aromatic N) is 1. The summed E-state index contributed by atoms with van der Waals surface area (Å²) in [5, 5.41) is 0. The Labute approximate surface area is 99.3 Å². The summed E-state index contributed by atoms with van der Waals surface area (Å²) >= 11 is 0. The molecule has 1 saturated carbocycles. The Balaban J connectivity index is 1.76. The summed E-state index contributed by atoms with van der Waals surface area (Å²) < 4.78 is 5.63. The first kappa shape index (κ1) is 11.0. The van der Waals surface area contributed by atoms with Gasteiger partial charge in [0.1, 0.15) is 0 Å². The molecule has 1 aliphatic carbocycles. The lowest BCUT2D eigenvalue weighted by Gasteiger charge is -2.61. The maximum Gasteiger partial charge on any atom is 0.0622 e. The molecule has 0 spiro atoms. The standard InChI is InChI=1S/C14H25NO/c1-14(2,3)12-8-10-4-5-11-9-16-7-6-15(11)13(10)12/h10-13H,4-9H2,1-3H3.